The third-order valence-electron chi connectivity index (χ3n) is 2.84. The molecule has 0 aromatic rings. The highest BCUT2D eigenvalue weighted by atomic mass is 16.5. The summed E-state index contributed by atoms with van der Waals surface area (Å²) in [5.74, 6) is -0.286. The highest BCUT2D eigenvalue weighted by Gasteiger charge is 2.29. The summed E-state index contributed by atoms with van der Waals surface area (Å²) in [5.41, 5.74) is 0. The number of morpholine rings is 1. The number of nitrogens with one attached hydrogen (secondary N) is 2. The Hall–Kier alpha value is -1.14. The van der Waals surface area contributed by atoms with Crippen LogP contribution in [0.5, 0.6) is 0 Å². The number of nitrogens with zero attached hydrogens (tertiary/aromatic N) is 1. The minimum Gasteiger partial charge on any atom is -0.373 e. The Labute approximate surface area is 102 Å². The van der Waals surface area contributed by atoms with Crippen LogP contribution < -0.4 is 10.6 Å². The van der Waals surface area contributed by atoms with Crippen LogP contribution in [0.25, 0.3) is 0 Å². The molecule has 1 fully saturated rings. The van der Waals surface area contributed by atoms with Crippen LogP contribution in [0.2, 0.25) is 0 Å². The number of ether oxygens (including phenoxy) is 1. The number of amides is 3. The van der Waals surface area contributed by atoms with Gasteiger partial charge in [-0.2, -0.15) is 0 Å². The minimum absolute atomic E-state index is 0.106. The summed E-state index contributed by atoms with van der Waals surface area (Å²) >= 11 is 0. The van der Waals surface area contributed by atoms with Gasteiger partial charge in [0, 0.05) is 20.1 Å². The first-order valence-corrected chi connectivity index (χ1v) is 5.86. The van der Waals surface area contributed by atoms with Crippen molar-refractivity contribution in [2.45, 2.75) is 39.0 Å². The molecule has 1 aliphatic rings. The Kier molecular flexibility index (Phi) is 4.89. The molecule has 3 unspecified atom stereocenters. The molecule has 2 N–H and O–H groups in total. The number of hydrogen-bond acceptors (Lipinski definition) is 4. The van der Waals surface area contributed by atoms with Crippen molar-refractivity contribution in [3.05, 3.63) is 0 Å². The van der Waals surface area contributed by atoms with E-state index in [0.29, 0.717) is 13.1 Å². The fourth-order valence-corrected chi connectivity index (χ4v) is 1.98. The molecule has 1 saturated heterocycles. The number of urea groups is 1. The van der Waals surface area contributed by atoms with E-state index in [-0.39, 0.29) is 24.2 Å². The number of carbonyl (C=O) groups is 2. The van der Waals surface area contributed by atoms with Crippen LogP contribution in [0.1, 0.15) is 20.8 Å². The van der Waals surface area contributed by atoms with Crippen molar-refractivity contribution >= 4 is 11.9 Å². The molecule has 3 amide bonds. The largest absolute Gasteiger partial charge is 0.373 e. The van der Waals surface area contributed by atoms with Gasteiger partial charge in [-0.1, -0.05) is 0 Å². The molecule has 17 heavy (non-hydrogen) atoms. The Balaban J connectivity index is 2.53. The molecule has 1 rings (SSSR count). The second kappa shape index (κ2) is 5.97. The molecule has 0 radical (unpaired) electrons. The van der Waals surface area contributed by atoms with Crippen LogP contribution in [0.3, 0.4) is 0 Å². The van der Waals surface area contributed by atoms with Gasteiger partial charge in [0.1, 0.15) is 0 Å². The number of rotatable bonds is 2. The van der Waals surface area contributed by atoms with Crippen LogP contribution in [0, 0.1) is 0 Å². The molecule has 0 bridgehead atoms. The summed E-state index contributed by atoms with van der Waals surface area (Å²) in [5, 5.41) is 4.64. The highest BCUT2D eigenvalue weighted by molar-refractivity contribution is 5.96. The molecule has 3 atom stereocenters. The molecule has 0 aromatic heterocycles. The molecule has 0 saturated carbocycles. The maximum atomic E-state index is 11.8. The van der Waals surface area contributed by atoms with Crippen molar-refractivity contribution in [1.82, 2.24) is 15.5 Å². The fraction of sp³-hybridized carbons (Fsp3) is 0.818. The van der Waals surface area contributed by atoms with E-state index in [0.717, 1.165) is 0 Å². The molecular weight excluding hydrogens is 222 g/mol. The first-order valence-electron chi connectivity index (χ1n) is 5.86. The molecule has 6 heteroatoms. The molecule has 1 heterocycles. The van der Waals surface area contributed by atoms with Crippen LogP contribution in [0.4, 0.5) is 4.79 Å². The van der Waals surface area contributed by atoms with Gasteiger partial charge < -0.3 is 10.1 Å². The van der Waals surface area contributed by atoms with E-state index in [1.54, 1.807) is 6.92 Å². The smallest absolute Gasteiger partial charge is 0.321 e. The maximum Gasteiger partial charge on any atom is 0.321 e. The summed E-state index contributed by atoms with van der Waals surface area (Å²) in [6, 6.07) is -0.808. The zero-order chi connectivity index (χ0) is 13.0. The van der Waals surface area contributed by atoms with Crippen molar-refractivity contribution < 1.29 is 14.3 Å². The monoisotopic (exact) mass is 243 g/mol. The molecule has 98 valence electrons. The van der Waals surface area contributed by atoms with E-state index in [4.69, 9.17) is 4.74 Å². The normalized spacial score (nSPS) is 27.3. The molecule has 6 nitrogen and oxygen atoms in total. The average Bonchev–Trinajstić information content (AvgIpc) is 2.26. The summed E-state index contributed by atoms with van der Waals surface area (Å²) in [6.45, 7) is 7.15. The van der Waals surface area contributed by atoms with Gasteiger partial charge in [-0.15, -0.1) is 0 Å². The van der Waals surface area contributed by atoms with Gasteiger partial charge in [-0.3, -0.25) is 15.0 Å². The predicted octanol–water partition coefficient (Wildman–Crippen LogP) is -0.0603. The Morgan fingerprint density at radius 3 is 2.29 bits per heavy atom. The fourth-order valence-electron chi connectivity index (χ4n) is 1.98. The van der Waals surface area contributed by atoms with Gasteiger partial charge in [0.25, 0.3) is 0 Å². The molecule has 0 aromatic carbocycles. The lowest BCUT2D eigenvalue weighted by Crippen LogP contribution is -2.55. The van der Waals surface area contributed by atoms with Gasteiger partial charge in [0.15, 0.2) is 0 Å². The minimum atomic E-state index is -0.476. The number of imide groups is 1. The van der Waals surface area contributed by atoms with E-state index in [2.05, 4.69) is 10.6 Å². The van der Waals surface area contributed by atoms with E-state index in [1.165, 1.54) is 7.05 Å². The van der Waals surface area contributed by atoms with Crippen LogP contribution in [-0.2, 0) is 9.53 Å². The molecular formula is C11H21N3O3. The SMILES string of the molecule is CNC(=O)NC(=O)C(C)N1CC(C)OC(C)C1. The quantitative estimate of drug-likeness (QED) is 0.713. The first-order chi connectivity index (χ1) is 7.93. The van der Waals surface area contributed by atoms with Crippen molar-refractivity contribution in [2.75, 3.05) is 20.1 Å². The van der Waals surface area contributed by atoms with Gasteiger partial charge >= 0.3 is 6.03 Å². The predicted molar refractivity (Wildman–Crippen MR) is 63.6 cm³/mol. The third kappa shape index (κ3) is 3.98. The molecule has 0 spiro atoms. The van der Waals surface area contributed by atoms with Gasteiger partial charge in [0.2, 0.25) is 5.91 Å². The van der Waals surface area contributed by atoms with Gasteiger partial charge in [-0.05, 0) is 20.8 Å². The zero-order valence-electron chi connectivity index (χ0n) is 10.8. The maximum absolute atomic E-state index is 11.8. The van der Waals surface area contributed by atoms with Crippen molar-refractivity contribution in [1.29, 1.82) is 0 Å². The lowest BCUT2D eigenvalue weighted by atomic mass is 10.1. The van der Waals surface area contributed by atoms with Gasteiger partial charge in [0.05, 0.1) is 18.2 Å². The highest BCUT2D eigenvalue weighted by Crippen LogP contribution is 2.13. The second-order valence-corrected chi connectivity index (χ2v) is 4.46. The van der Waals surface area contributed by atoms with Crippen LogP contribution >= 0.6 is 0 Å². The summed E-state index contributed by atoms with van der Waals surface area (Å²) in [7, 11) is 1.48. The summed E-state index contributed by atoms with van der Waals surface area (Å²) in [4.78, 5) is 24.8. The topological polar surface area (TPSA) is 70.7 Å². The van der Waals surface area contributed by atoms with E-state index in [9.17, 15) is 9.59 Å². The van der Waals surface area contributed by atoms with Crippen molar-refractivity contribution in [3.63, 3.8) is 0 Å². The lowest BCUT2D eigenvalue weighted by molar-refractivity contribution is -0.130. The number of carbonyl (C=O) groups excluding carboxylic acids is 2. The lowest BCUT2D eigenvalue weighted by Gasteiger charge is -2.38. The molecule has 0 aliphatic carbocycles. The Morgan fingerprint density at radius 1 is 1.29 bits per heavy atom. The zero-order valence-corrected chi connectivity index (χ0v) is 10.8. The van der Waals surface area contributed by atoms with E-state index in [1.807, 2.05) is 18.7 Å². The summed E-state index contributed by atoms with van der Waals surface area (Å²) < 4.78 is 5.60. The third-order valence-corrected chi connectivity index (χ3v) is 2.84. The van der Waals surface area contributed by atoms with Crippen molar-refractivity contribution in [3.8, 4) is 0 Å². The number of hydrogen-bond donors (Lipinski definition) is 2. The van der Waals surface area contributed by atoms with Crippen LogP contribution in [-0.4, -0.2) is 55.2 Å². The molecule has 1 aliphatic heterocycles. The Morgan fingerprint density at radius 2 is 1.82 bits per heavy atom. The first kappa shape index (κ1) is 13.9. The van der Waals surface area contributed by atoms with Crippen LogP contribution in [0.15, 0.2) is 0 Å². The summed E-state index contributed by atoms with van der Waals surface area (Å²) in [6.07, 6.45) is 0.211. The standard InChI is InChI=1S/C11H21N3O3/c1-7-5-14(6-8(2)17-7)9(3)10(15)13-11(16)12-4/h7-9H,5-6H2,1-4H3,(H2,12,13,15,16). The Bertz CT molecular complexity index is 286. The van der Waals surface area contributed by atoms with Crippen molar-refractivity contribution in [2.24, 2.45) is 0 Å². The van der Waals surface area contributed by atoms with E-state index >= 15 is 0 Å². The van der Waals surface area contributed by atoms with E-state index < -0.39 is 6.03 Å². The average molecular weight is 243 g/mol. The van der Waals surface area contributed by atoms with Gasteiger partial charge in [-0.25, -0.2) is 4.79 Å². The second-order valence-electron chi connectivity index (χ2n) is 4.46.